The normalized spacial score (nSPS) is 14.0. The summed E-state index contributed by atoms with van der Waals surface area (Å²) in [5.41, 5.74) is 2.82. The summed E-state index contributed by atoms with van der Waals surface area (Å²) in [6.07, 6.45) is 6.65. The van der Waals surface area contributed by atoms with Crippen LogP contribution in [0.2, 0.25) is 0 Å². The predicted molar refractivity (Wildman–Crippen MR) is 123 cm³/mol. The zero-order valence-corrected chi connectivity index (χ0v) is 18.4. The molecule has 1 aromatic carbocycles. The fourth-order valence-electron chi connectivity index (χ4n) is 4.35. The van der Waals surface area contributed by atoms with E-state index in [9.17, 15) is 9.59 Å². The van der Waals surface area contributed by atoms with Crippen LogP contribution < -0.4 is 10.9 Å². The maximum Gasteiger partial charge on any atom is 0.262 e. The molecule has 4 heterocycles. The van der Waals surface area contributed by atoms with Gasteiger partial charge in [0.05, 0.1) is 27.6 Å². The van der Waals surface area contributed by atoms with Crippen LogP contribution in [-0.2, 0) is 19.5 Å². The van der Waals surface area contributed by atoms with Crippen LogP contribution in [0.5, 0.6) is 0 Å². The maximum absolute atomic E-state index is 13.1. The number of rotatable bonds is 5. The van der Waals surface area contributed by atoms with Gasteiger partial charge in [0.2, 0.25) is 0 Å². The number of benzene rings is 1. The predicted octanol–water partition coefficient (Wildman–Crippen LogP) is 3.66. The third-order valence-electron chi connectivity index (χ3n) is 6.01. The molecular formula is C23H25N5O2S. The number of hydrogen-bond acceptors (Lipinski definition) is 5. The zero-order valence-electron chi connectivity index (χ0n) is 17.6. The number of fused-ring (bicyclic) bond motifs is 3. The molecule has 31 heavy (non-hydrogen) atoms. The Bertz CT molecular complexity index is 1330. The Morgan fingerprint density at radius 1 is 1.23 bits per heavy atom. The summed E-state index contributed by atoms with van der Waals surface area (Å²) in [4.78, 5) is 36.3. The maximum atomic E-state index is 13.1. The zero-order chi connectivity index (χ0) is 21.4. The minimum Gasteiger partial charge on any atom is -0.351 e. The van der Waals surface area contributed by atoms with E-state index in [-0.39, 0.29) is 11.5 Å². The molecule has 0 unspecified atom stereocenters. The number of nitrogens with one attached hydrogen (secondary N) is 1. The first-order chi connectivity index (χ1) is 15.1. The van der Waals surface area contributed by atoms with E-state index in [0.29, 0.717) is 21.6 Å². The number of aryl methyl sites for hydroxylation is 3. The van der Waals surface area contributed by atoms with E-state index in [0.717, 1.165) is 67.6 Å². The van der Waals surface area contributed by atoms with Gasteiger partial charge in [0.25, 0.3) is 11.5 Å². The van der Waals surface area contributed by atoms with Crippen molar-refractivity contribution < 1.29 is 4.79 Å². The van der Waals surface area contributed by atoms with E-state index >= 15 is 0 Å². The van der Waals surface area contributed by atoms with Gasteiger partial charge in [-0.3, -0.25) is 14.2 Å². The number of hydrogen-bond donors (Lipinski definition) is 1. The summed E-state index contributed by atoms with van der Waals surface area (Å²) < 4.78 is 3.91. The molecule has 8 heteroatoms. The Labute approximate surface area is 183 Å². The topological polar surface area (TPSA) is 81.8 Å². The first-order valence-corrected chi connectivity index (χ1v) is 11.7. The Morgan fingerprint density at radius 2 is 2.10 bits per heavy atom. The second-order valence-corrected chi connectivity index (χ2v) is 9.07. The Morgan fingerprint density at radius 3 is 3.00 bits per heavy atom. The smallest absolute Gasteiger partial charge is 0.262 e. The molecule has 7 nitrogen and oxygen atoms in total. The molecule has 5 rings (SSSR count). The van der Waals surface area contributed by atoms with Gasteiger partial charge in [-0.25, -0.2) is 9.97 Å². The standard InChI is InChI=1S/C23H25N5O2S/c1-15-19-22(26-18-10-3-2-6-13-28(18)23(19)30)31-20(15)21(29)24-11-7-12-27-14-25-16-8-4-5-9-17(16)27/h4-5,8-9,14H,2-3,6-7,10-13H2,1H3,(H,24,29). The van der Waals surface area contributed by atoms with Crippen molar-refractivity contribution in [2.45, 2.75) is 52.1 Å². The summed E-state index contributed by atoms with van der Waals surface area (Å²) in [7, 11) is 0. The Balaban J connectivity index is 1.30. The molecule has 0 radical (unpaired) electrons. The van der Waals surface area contributed by atoms with Gasteiger partial charge in [-0.1, -0.05) is 18.6 Å². The van der Waals surface area contributed by atoms with Crippen molar-refractivity contribution in [3.8, 4) is 0 Å². The lowest BCUT2D eigenvalue weighted by Gasteiger charge is -2.08. The van der Waals surface area contributed by atoms with Crippen LogP contribution in [0.25, 0.3) is 21.3 Å². The van der Waals surface area contributed by atoms with Gasteiger partial charge in [-0.05, 0) is 43.9 Å². The lowest BCUT2D eigenvalue weighted by Crippen LogP contribution is -2.26. The molecule has 1 N–H and O–H groups in total. The minimum atomic E-state index is -0.129. The van der Waals surface area contributed by atoms with Crippen molar-refractivity contribution in [3.63, 3.8) is 0 Å². The highest BCUT2D eigenvalue weighted by molar-refractivity contribution is 7.20. The Kier molecular flexibility index (Phi) is 5.31. The number of carbonyl (C=O) groups is 1. The third-order valence-corrected chi connectivity index (χ3v) is 7.19. The molecule has 0 saturated heterocycles. The number of amides is 1. The number of para-hydroxylation sites is 2. The molecule has 0 bridgehead atoms. The van der Waals surface area contributed by atoms with Crippen molar-refractivity contribution in [3.05, 3.63) is 57.2 Å². The highest BCUT2D eigenvalue weighted by atomic mass is 32.1. The average Bonchev–Trinajstić information content (AvgIpc) is 3.23. The fourth-order valence-corrected chi connectivity index (χ4v) is 5.45. The van der Waals surface area contributed by atoms with Gasteiger partial charge in [0.15, 0.2) is 0 Å². The van der Waals surface area contributed by atoms with Crippen molar-refractivity contribution >= 4 is 38.5 Å². The van der Waals surface area contributed by atoms with Crippen LogP contribution in [0.4, 0.5) is 0 Å². The molecular weight excluding hydrogens is 410 g/mol. The average molecular weight is 436 g/mol. The summed E-state index contributed by atoms with van der Waals surface area (Å²) >= 11 is 1.33. The molecule has 0 spiro atoms. The molecule has 0 aliphatic carbocycles. The Hall–Kier alpha value is -3.00. The van der Waals surface area contributed by atoms with E-state index in [4.69, 9.17) is 4.98 Å². The highest BCUT2D eigenvalue weighted by Crippen LogP contribution is 2.28. The van der Waals surface area contributed by atoms with Crippen molar-refractivity contribution in [1.82, 2.24) is 24.4 Å². The largest absolute Gasteiger partial charge is 0.351 e. The van der Waals surface area contributed by atoms with Crippen LogP contribution >= 0.6 is 11.3 Å². The second-order valence-electron chi connectivity index (χ2n) is 8.07. The first-order valence-electron chi connectivity index (χ1n) is 10.8. The van der Waals surface area contributed by atoms with Gasteiger partial charge in [-0.15, -0.1) is 11.3 Å². The first kappa shape index (κ1) is 19.9. The minimum absolute atomic E-state index is 0.00156. The quantitative estimate of drug-likeness (QED) is 0.485. The van der Waals surface area contributed by atoms with Crippen LogP contribution in [-0.4, -0.2) is 31.6 Å². The van der Waals surface area contributed by atoms with E-state index in [1.54, 1.807) is 0 Å². The number of thiophene rings is 1. The van der Waals surface area contributed by atoms with Crippen molar-refractivity contribution in [2.75, 3.05) is 6.54 Å². The number of nitrogens with zero attached hydrogens (tertiary/aromatic N) is 4. The highest BCUT2D eigenvalue weighted by Gasteiger charge is 2.22. The molecule has 3 aromatic heterocycles. The van der Waals surface area contributed by atoms with E-state index in [1.165, 1.54) is 11.3 Å². The van der Waals surface area contributed by atoms with Gasteiger partial charge >= 0.3 is 0 Å². The molecule has 0 fully saturated rings. The van der Waals surface area contributed by atoms with Crippen LogP contribution in [0.3, 0.4) is 0 Å². The van der Waals surface area contributed by atoms with Crippen LogP contribution in [0.15, 0.2) is 35.4 Å². The lowest BCUT2D eigenvalue weighted by molar-refractivity contribution is 0.0956. The number of imidazole rings is 1. The molecule has 1 aliphatic rings. The molecule has 0 atom stereocenters. The molecule has 1 amide bonds. The monoisotopic (exact) mass is 435 g/mol. The second kappa shape index (κ2) is 8.26. The number of aromatic nitrogens is 4. The van der Waals surface area contributed by atoms with Crippen LogP contribution in [0, 0.1) is 6.92 Å². The van der Waals surface area contributed by atoms with Gasteiger partial charge < -0.3 is 9.88 Å². The SMILES string of the molecule is Cc1c(C(=O)NCCCn2cnc3ccccc32)sc2nc3n(c(=O)c12)CCCCC3. The summed E-state index contributed by atoms with van der Waals surface area (Å²) in [6.45, 7) is 3.92. The molecule has 0 saturated carbocycles. The molecule has 4 aromatic rings. The summed E-state index contributed by atoms with van der Waals surface area (Å²) in [5.74, 6) is 0.728. The van der Waals surface area contributed by atoms with Crippen molar-refractivity contribution in [1.29, 1.82) is 0 Å². The van der Waals surface area contributed by atoms with Gasteiger partial charge in [0, 0.05) is 26.1 Å². The van der Waals surface area contributed by atoms with E-state index in [2.05, 4.69) is 20.9 Å². The summed E-state index contributed by atoms with van der Waals surface area (Å²) in [5, 5.41) is 3.61. The van der Waals surface area contributed by atoms with E-state index < -0.39 is 0 Å². The number of carbonyl (C=O) groups excluding carboxylic acids is 1. The van der Waals surface area contributed by atoms with E-state index in [1.807, 2.05) is 36.0 Å². The summed E-state index contributed by atoms with van der Waals surface area (Å²) in [6, 6.07) is 8.02. The van der Waals surface area contributed by atoms with Gasteiger partial charge in [-0.2, -0.15) is 0 Å². The fraction of sp³-hybridized carbons (Fsp3) is 0.391. The molecule has 1 aliphatic heterocycles. The lowest BCUT2D eigenvalue weighted by atomic mass is 10.2. The molecule has 160 valence electrons. The van der Waals surface area contributed by atoms with Gasteiger partial charge in [0.1, 0.15) is 10.7 Å². The third kappa shape index (κ3) is 3.65. The van der Waals surface area contributed by atoms with Crippen LogP contribution in [0.1, 0.15) is 46.7 Å². The van der Waals surface area contributed by atoms with Crippen molar-refractivity contribution in [2.24, 2.45) is 0 Å².